The molecule has 0 radical (unpaired) electrons. The van der Waals surface area contributed by atoms with E-state index >= 15 is 0 Å². The van der Waals surface area contributed by atoms with Crippen LogP contribution in [-0.2, 0) is 9.53 Å². The summed E-state index contributed by atoms with van der Waals surface area (Å²) in [7, 11) is 0. The molecule has 2 aromatic carbocycles. The number of thiazole rings is 1. The number of esters is 1. The van der Waals surface area contributed by atoms with E-state index in [1.165, 1.54) is 22.8 Å². The maximum Gasteiger partial charge on any atom is 0.338 e. The van der Waals surface area contributed by atoms with E-state index in [0.717, 1.165) is 11.3 Å². The average Bonchev–Trinajstić information content (AvgIpc) is 3.17. The highest BCUT2D eigenvalue weighted by molar-refractivity contribution is 7.07. The molecule has 0 saturated heterocycles. The highest BCUT2D eigenvalue weighted by Gasteiger charge is 2.34. The van der Waals surface area contributed by atoms with Crippen LogP contribution < -0.4 is 24.4 Å². The van der Waals surface area contributed by atoms with Crippen molar-refractivity contribution in [3.8, 4) is 17.2 Å². The number of aromatic nitrogens is 1. The van der Waals surface area contributed by atoms with E-state index in [1.807, 2.05) is 13.8 Å². The van der Waals surface area contributed by atoms with Crippen LogP contribution in [0.5, 0.6) is 17.2 Å². The van der Waals surface area contributed by atoms with Gasteiger partial charge in [-0.3, -0.25) is 9.36 Å². The topological polar surface area (TPSA) is 99.4 Å². The SMILES string of the molecule is CCOC(=O)C1=C(C)N=c2s/c(=C\c3cc(Cl)cc(Cl)c3O)c(=O)n2[C@H]1c1ccc(OCC)c(OCC)c1. The van der Waals surface area contributed by atoms with E-state index in [4.69, 9.17) is 37.4 Å². The molecule has 2 heterocycles. The summed E-state index contributed by atoms with van der Waals surface area (Å²) < 4.78 is 18.6. The molecule has 1 atom stereocenters. The Labute approximate surface area is 233 Å². The number of halogens is 2. The van der Waals surface area contributed by atoms with Gasteiger partial charge in [-0.05, 0) is 63.6 Å². The number of carbonyl (C=O) groups excluding carboxylic acids is 1. The Bertz CT molecular complexity index is 1610. The molecule has 0 fully saturated rings. The Balaban J connectivity index is 1.98. The molecule has 0 unspecified atom stereocenters. The first-order chi connectivity index (χ1) is 18.2. The molecule has 38 heavy (non-hydrogen) atoms. The third kappa shape index (κ3) is 5.32. The molecule has 1 aromatic heterocycles. The quantitative estimate of drug-likeness (QED) is 0.393. The zero-order valence-electron chi connectivity index (χ0n) is 21.2. The summed E-state index contributed by atoms with van der Waals surface area (Å²) in [6.45, 7) is 8.16. The Kier molecular flexibility index (Phi) is 8.50. The number of carbonyl (C=O) groups is 1. The molecular weight excluding hydrogens is 551 g/mol. The van der Waals surface area contributed by atoms with Crippen LogP contribution in [-0.4, -0.2) is 35.5 Å². The average molecular weight is 577 g/mol. The molecule has 0 spiro atoms. The largest absolute Gasteiger partial charge is 0.506 e. The second kappa shape index (κ2) is 11.6. The van der Waals surface area contributed by atoms with Crippen LogP contribution in [0.25, 0.3) is 6.08 Å². The van der Waals surface area contributed by atoms with E-state index in [0.29, 0.717) is 45.8 Å². The lowest BCUT2D eigenvalue weighted by atomic mass is 9.95. The molecule has 4 rings (SSSR count). The summed E-state index contributed by atoms with van der Waals surface area (Å²) in [5.74, 6) is 0.274. The first-order valence-corrected chi connectivity index (χ1v) is 13.5. The predicted octanol–water partition coefficient (Wildman–Crippen LogP) is 4.61. The van der Waals surface area contributed by atoms with Crippen molar-refractivity contribution < 1.29 is 24.1 Å². The van der Waals surface area contributed by atoms with Crippen LogP contribution in [0.1, 0.15) is 44.9 Å². The van der Waals surface area contributed by atoms with Gasteiger partial charge < -0.3 is 19.3 Å². The lowest BCUT2D eigenvalue weighted by Gasteiger charge is -2.25. The Morgan fingerprint density at radius 3 is 2.50 bits per heavy atom. The van der Waals surface area contributed by atoms with Crippen LogP contribution >= 0.6 is 34.5 Å². The number of phenols is 1. The molecule has 8 nitrogen and oxygen atoms in total. The summed E-state index contributed by atoms with van der Waals surface area (Å²) in [6, 6.07) is 7.39. The number of aromatic hydroxyl groups is 1. The smallest absolute Gasteiger partial charge is 0.338 e. The first-order valence-electron chi connectivity index (χ1n) is 12.0. The van der Waals surface area contributed by atoms with Crippen molar-refractivity contribution in [1.29, 1.82) is 0 Å². The maximum absolute atomic E-state index is 13.8. The molecule has 0 amide bonds. The highest BCUT2D eigenvalue weighted by atomic mass is 35.5. The number of hydrogen-bond acceptors (Lipinski definition) is 8. The lowest BCUT2D eigenvalue weighted by molar-refractivity contribution is -0.139. The maximum atomic E-state index is 13.8. The fourth-order valence-corrected chi connectivity index (χ4v) is 5.73. The van der Waals surface area contributed by atoms with Crippen molar-refractivity contribution in [3.63, 3.8) is 0 Å². The zero-order chi connectivity index (χ0) is 27.6. The van der Waals surface area contributed by atoms with E-state index in [1.54, 1.807) is 32.0 Å². The van der Waals surface area contributed by atoms with Gasteiger partial charge in [-0.1, -0.05) is 40.6 Å². The Hall–Kier alpha value is -3.27. The number of fused-ring (bicyclic) bond motifs is 1. The van der Waals surface area contributed by atoms with Crippen LogP contribution in [0.4, 0.5) is 0 Å². The van der Waals surface area contributed by atoms with Crippen LogP contribution in [0.2, 0.25) is 10.0 Å². The van der Waals surface area contributed by atoms with E-state index < -0.39 is 17.6 Å². The van der Waals surface area contributed by atoms with Gasteiger partial charge in [0.2, 0.25) is 0 Å². The third-order valence-electron chi connectivity index (χ3n) is 5.74. The number of ether oxygens (including phenoxy) is 3. The third-order valence-corrected chi connectivity index (χ3v) is 7.23. The summed E-state index contributed by atoms with van der Waals surface area (Å²) in [4.78, 5) is 31.9. The van der Waals surface area contributed by atoms with Gasteiger partial charge in [-0.25, -0.2) is 9.79 Å². The number of nitrogens with zero attached hydrogens (tertiary/aromatic N) is 2. The second-order valence-electron chi connectivity index (χ2n) is 8.20. The number of rotatable bonds is 8. The molecule has 0 aliphatic carbocycles. The van der Waals surface area contributed by atoms with Crippen LogP contribution in [0, 0.1) is 0 Å². The van der Waals surface area contributed by atoms with Gasteiger partial charge in [0, 0.05) is 10.6 Å². The van der Waals surface area contributed by atoms with E-state index in [-0.39, 0.29) is 33.0 Å². The van der Waals surface area contributed by atoms with Gasteiger partial charge in [-0.15, -0.1) is 0 Å². The van der Waals surface area contributed by atoms with Gasteiger partial charge in [0.05, 0.1) is 46.7 Å². The molecule has 11 heteroatoms. The second-order valence-corrected chi connectivity index (χ2v) is 10.1. The standard InChI is InChI=1S/C27H26Cl2N2O6S/c1-5-35-19-9-8-15(11-20(19)36-6-2)23-22(26(34)37-7-3)14(4)30-27-31(23)25(33)21(38-27)12-16-10-17(28)13-18(29)24(16)32/h8-13,23,32H,5-7H2,1-4H3/b21-12-/t23-/m0/s1. The van der Waals surface area contributed by atoms with Gasteiger partial charge in [0.1, 0.15) is 5.75 Å². The minimum Gasteiger partial charge on any atom is -0.506 e. The zero-order valence-corrected chi connectivity index (χ0v) is 23.5. The molecule has 200 valence electrons. The number of hydrogen-bond donors (Lipinski definition) is 1. The van der Waals surface area contributed by atoms with Crippen molar-refractivity contribution >= 4 is 46.6 Å². The van der Waals surface area contributed by atoms with E-state index in [2.05, 4.69) is 4.99 Å². The van der Waals surface area contributed by atoms with Gasteiger partial charge in [0.15, 0.2) is 16.3 Å². The van der Waals surface area contributed by atoms with Crippen molar-refractivity contribution in [2.75, 3.05) is 19.8 Å². The van der Waals surface area contributed by atoms with Crippen molar-refractivity contribution in [3.05, 3.63) is 82.5 Å². The summed E-state index contributed by atoms with van der Waals surface area (Å²) >= 11 is 13.3. The van der Waals surface area contributed by atoms with Crippen LogP contribution in [0.15, 0.2) is 51.4 Å². The lowest BCUT2D eigenvalue weighted by Crippen LogP contribution is -2.40. The molecule has 1 aliphatic rings. The normalized spacial score (nSPS) is 15.2. The number of benzene rings is 2. The minimum atomic E-state index is -0.834. The molecule has 0 saturated carbocycles. The molecule has 3 aromatic rings. The van der Waals surface area contributed by atoms with Crippen molar-refractivity contribution in [1.82, 2.24) is 4.57 Å². The van der Waals surface area contributed by atoms with Crippen molar-refractivity contribution in [2.45, 2.75) is 33.7 Å². The molecule has 1 aliphatic heterocycles. The van der Waals surface area contributed by atoms with Crippen molar-refractivity contribution in [2.24, 2.45) is 4.99 Å². The minimum absolute atomic E-state index is 0.0627. The molecule has 0 bridgehead atoms. The van der Waals surface area contributed by atoms with Crippen LogP contribution in [0.3, 0.4) is 0 Å². The molecule has 1 N–H and O–H groups in total. The fourth-order valence-electron chi connectivity index (χ4n) is 4.18. The summed E-state index contributed by atoms with van der Waals surface area (Å²) in [6.07, 6.45) is 1.50. The number of phenolic OH excluding ortho intramolecular Hbond substituents is 1. The van der Waals surface area contributed by atoms with Gasteiger partial charge in [-0.2, -0.15) is 0 Å². The van der Waals surface area contributed by atoms with E-state index in [9.17, 15) is 14.7 Å². The highest BCUT2D eigenvalue weighted by Crippen LogP contribution is 2.36. The molecular formula is C27H26Cl2N2O6S. The monoisotopic (exact) mass is 576 g/mol. The fraction of sp³-hybridized carbons (Fsp3) is 0.296. The summed E-state index contributed by atoms with van der Waals surface area (Å²) in [5.41, 5.74) is 1.17. The first kappa shape index (κ1) is 27.8. The number of allylic oxidation sites excluding steroid dienone is 1. The predicted molar refractivity (Wildman–Crippen MR) is 147 cm³/mol. The Morgan fingerprint density at radius 2 is 1.82 bits per heavy atom. The van der Waals surface area contributed by atoms with Gasteiger partial charge in [0.25, 0.3) is 5.56 Å². The summed E-state index contributed by atoms with van der Waals surface area (Å²) in [5, 5.41) is 10.8. The Morgan fingerprint density at radius 1 is 1.11 bits per heavy atom. The van der Waals surface area contributed by atoms with Gasteiger partial charge >= 0.3 is 5.97 Å².